The Morgan fingerprint density at radius 3 is 2.50 bits per heavy atom. The fourth-order valence-corrected chi connectivity index (χ4v) is 1.16. The lowest BCUT2D eigenvalue weighted by Crippen LogP contribution is -2.35. The second kappa shape index (κ2) is 2.73. The molecule has 1 aromatic rings. The van der Waals surface area contributed by atoms with Crippen LogP contribution in [0.5, 0.6) is 0 Å². The van der Waals surface area contributed by atoms with Gasteiger partial charge < -0.3 is 10.0 Å². The molecule has 0 aliphatic carbocycles. The second-order valence-corrected chi connectivity index (χ2v) is 2.70. The predicted octanol–water partition coefficient (Wildman–Crippen LogP) is -1.14. The molecular formula is C4H6BBrN2O2. The van der Waals surface area contributed by atoms with Gasteiger partial charge in [0.05, 0.1) is 5.59 Å². The minimum absolute atomic E-state index is 0.367. The van der Waals surface area contributed by atoms with Crippen LogP contribution >= 0.6 is 15.9 Å². The molecule has 2 N–H and O–H groups in total. The maximum atomic E-state index is 8.69. The molecule has 1 aromatic heterocycles. The number of aromatic nitrogens is 2. The standard InChI is InChI=1S/C4H6BBrN2O2/c1-8-3(5(9)10)2-4(6)7-8/h2,9-10H,1H3. The van der Waals surface area contributed by atoms with Gasteiger partial charge in [-0.05, 0) is 22.0 Å². The molecule has 54 valence electrons. The lowest BCUT2D eigenvalue weighted by atomic mass is 9.86. The van der Waals surface area contributed by atoms with Crippen LogP contribution in [0.4, 0.5) is 0 Å². The Bertz CT molecular complexity index is 237. The fourth-order valence-electron chi connectivity index (χ4n) is 0.687. The van der Waals surface area contributed by atoms with Gasteiger partial charge in [-0.1, -0.05) is 0 Å². The third-order valence-corrected chi connectivity index (χ3v) is 1.54. The number of halogens is 1. The largest absolute Gasteiger partial charge is 0.507 e. The Labute approximate surface area is 66.8 Å². The normalized spacial score (nSPS) is 10.0. The molecule has 1 rings (SSSR count). The molecule has 0 radical (unpaired) electrons. The van der Waals surface area contributed by atoms with Crippen molar-refractivity contribution >= 4 is 28.6 Å². The summed E-state index contributed by atoms with van der Waals surface area (Å²) in [5, 5.41) is 21.2. The van der Waals surface area contributed by atoms with Crippen LogP contribution in [0.2, 0.25) is 0 Å². The Morgan fingerprint density at radius 2 is 2.30 bits per heavy atom. The smallest absolute Gasteiger partial charge is 0.422 e. The molecule has 6 heteroatoms. The van der Waals surface area contributed by atoms with Crippen LogP contribution in [0.1, 0.15) is 0 Å². The van der Waals surface area contributed by atoms with E-state index in [1.54, 1.807) is 13.1 Å². The van der Waals surface area contributed by atoms with E-state index in [4.69, 9.17) is 10.0 Å². The summed E-state index contributed by atoms with van der Waals surface area (Å²) in [5.74, 6) is 0. The summed E-state index contributed by atoms with van der Waals surface area (Å²) in [6.07, 6.45) is 0. The molecule has 10 heavy (non-hydrogen) atoms. The molecule has 0 bridgehead atoms. The average Bonchev–Trinajstić information content (AvgIpc) is 2.10. The van der Waals surface area contributed by atoms with Gasteiger partial charge in [-0.25, -0.2) is 0 Å². The number of hydrogen-bond donors (Lipinski definition) is 2. The van der Waals surface area contributed by atoms with E-state index in [9.17, 15) is 0 Å². The highest BCUT2D eigenvalue weighted by molar-refractivity contribution is 9.10. The van der Waals surface area contributed by atoms with E-state index in [1.807, 2.05) is 0 Å². The lowest BCUT2D eigenvalue weighted by Gasteiger charge is -1.96. The van der Waals surface area contributed by atoms with Crippen molar-refractivity contribution in [3.63, 3.8) is 0 Å². The summed E-state index contributed by atoms with van der Waals surface area (Å²) in [5.41, 5.74) is 0.367. The molecular weight excluding hydrogens is 199 g/mol. The first-order chi connectivity index (χ1) is 4.61. The van der Waals surface area contributed by atoms with Gasteiger partial charge in [0.25, 0.3) is 0 Å². The summed E-state index contributed by atoms with van der Waals surface area (Å²) >= 11 is 3.10. The molecule has 0 saturated heterocycles. The number of hydrogen-bond acceptors (Lipinski definition) is 3. The van der Waals surface area contributed by atoms with E-state index in [-0.39, 0.29) is 0 Å². The zero-order valence-corrected chi connectivity index (χ0v) is 6.91. The van der Waals surface area contributed by atoms with E-state index in [0.717, 1.165) is 0 Å². The Morgan fingerprint density at radius 1 is 1.70 bits per heavy atom. The minimum Gasteiger partial charge on any atom is -0.422 e. The third kappa shape index (κ3) is 1.39. The first-order valence-electron chi connectivity index (χ1n) is 2.67. The van der Waals surface area contributed by atoms with Crippen LogP contribution in [-0.2, 0) is 7.05 Å². The lowest BCUT2D eigenvalue weighted by molar-refractivity contribution is 0.421. The van der Waals surface area contributed by atoms with Gasteiger partial charge in [0.15, 0.2) is 0 Å². The summed E-state index contributed by atoms with van der Waals surface area (Å²) in [6, 6.07) is 1.55. The Kier molecular flexibility index (Phi) is 2.13. The van der Waals surface area contributed by atoms with E-state index < -0.39 is 7.12 Å². The van der Waals surface area contributed by atoms with Crippen LogP contribution in [0.25, 0.3) is 0 Å². The molecule has 1 heterocycles. The van der Waals surface area contributed by atoms with E-state index in [1.165, 1.54) is 4.68 Å². The quantitative estimate of drug-likeness (QED) is 0.569. The molecule has 0 unspecified atom stereocenters. The van der Waals surface area contributed by atoms with E-state index in [2.05, 4.69) is 21.0 Å². The molecule has 0 saturated carbocycles. The zero-order chi connectivity index (χ0) is 7.72. The van der Waals surface area contributed by atoms with Gasteiger partial charge in [-0.15, -0.1) is 0 Å². The van der Waals surface area contributed by atoms with Crippen molar-refractivity contribution in [3.8, 4) is 0 Å². The maximum Gasteiger partial charge on any atom is 0.507 e. The second-order valence-electron chi connectivity index (χ2n) is 1.89. The maximum absolute atomic E-state index is 8.69. The molecule has 0 aromatic carbocycles. The van der Waals surface area contributed by atoms with Crippen LogP contribution in [0.3, 0.4) is 0 Å². The predicted molar refractivity (Wildman–Crippen MR) is 40.7 cm³/mol. The third-order valence-electron chi connectivity index (χ3n) is 1.15. The summed E-state index contributed by atoms with van der Waals surface area (Å²) in [6.45, 7) is 0. The highest BCUT2D eigenvalue weighted by Gasteiger charge is 2.16. The molecule has 4 nitrogen and oxygen atoms in total. The summed E-state index contributed by atoms with van der Waals surface area (Å²) < 4.78 is 1.99. The minimum atomic E-state index is -1.45. The van der Waals surface area contributed by atoms with Gasteiger partial charge in [0.1, 0.15) is 4.60 Å². The van der Waals surface area contributed by atoms with Crippen LogP contribution in [-0.4, -0.2) is 26.9 Å². The van der Waals surface area contributed by atoms with Crippen LogP contribution in [0.15, 0.2) is 10.7 Å². The van der Waals surface area contributed by atoms with Crippen molar-refractivity contribution in [2.24, 2.45) is 7.05 Å². The van der Waals surface area contributed by atoms with Gasteiger partial charge in [0, 0.05) is 7.05 Å². The molecule has 0 amide bonds. The zero-order valence-electron chi connectivity index (χ0n) is 5.32. The molecule has 0 atom stereocenters. The van der Waals surface area contributed by atoms with E-state index >= 15 is 0 Å². The van der Waals surface area contributed by atoms with Crippen molar-refractivity contribution in [1.29, 1.82) is 0 Å². The van der Waals surface area contributed by atoms with Gasteiger partial charge in [-0.2, -0.15) is 5.10 Å². The Balaban J connectivity index is 3.03. The van der Waals surface area contributed by atoms with Gasteiger partial charge in [0.2, 0.25) is 0 Å². The van der Waals surface area contributed by atoms with Gasteiger partial charge in [-0.3, -0.25) is 4.68 Å². The van der Waals surface area contributed by atoms with Crippen LogP contribution in [0, 0.1) is 0 Å². The average molecular weight is 205 g/mol. The SMILES string of the molecule is Cn1nc(Br)cc1B(O)O. The number of rotatable bonds is 1. The van der Waals surface area contributed by atoms with E-state index in [0.29, 0.717) is 10.2 Å². The molecule has 0 fully saturated rings. The molecule has 0 spiro atoms. The fraction of sp³-hybridized carbons (Fsp3) is 0.250. The van der Waals surface area contributed by atoms with Crippen molar-refractivity contribution < 1.29 is 10.0 Å². The molecule has 0 aliphatic rings. The highest BCUT2D eigenvalue weighted by atomic mass is 79.9. The van der Waals surface area contributed by atoms with Crippen molar-refractivity contribution in [2.75, 3.05) is 0 Å². The monoisotopic (exact) mass is 204 g/mol. The number of nitrogens with zero attached hydrogens (tertiary/aromatic N) is 2. The highest BCUT2D eigenvalue weighted by Crippen LogP contribution is 2.01. The Hall–Kier alpha value is -0.325. The van der Waals surface area contributed by atoms with Crippen molar-refractivity contribution in [2.45, 2.75) is 0 Å². The van der Waals surface area contributed by atoms with Gasteiger partial charge >= 0.3 is 7.12 Å². The summed E-state index contributed by atoms with van der Waals surface area (Å²) in [4.78, 5) is 0. The van der Waals surface area contributed by atoms with Crippen LogP contribution < -0.4 is 5.59 Å². The van der Waals surface area contributed by atoms with Crippen molar-refractivity contribution in [1.82, 2.24) is 9.78 Å². The number of aryl methyl sites for hydroxylation is 1. The first-order valence-corrected chi connectivity index (χ1v) is 3.46. The summed E-state index contributed by atoms with van der Waals surface area (Å²) in [7, 11) is 0.184. The first kappa shape index (κ1) is 7.78. The topological polar surface area (TPSA) is 58.3 Å². The molecule has 0 aliphatic heterocycles. The van der Waals surface area contributed by atoms with Crippen molar-refractivity contribution in [3.05, 3.63) is 10.7 Å².